The lowest BCUT2D eigenvalue weighted by Gasteiger charge is -2.20. The van der Waals surface area contributed by atoms with E-state index in [2.05, 4.69) is 31.3 Å². The summed E-state index contributed by atoms with van der Waals surface area (Å²) in [6.45, 7) is 4.59. The van der Waals surface area contributed by atoms with Crippen LogP contribution in [-0.2, 0) is 0 Å². The van der Waals surface area contributed by atoms with Crippen LogP contribution in [0.1, 0.15) is 44.7 Å². The molecular formula is C15H23NO. The molecule has 0 radical (unpaired) electrons. The van der Waals surface area contributed by atoms with E-state index in [0.717, 1.165) is 11.7 Å². The summed E-state index contributed by atoms with van der Waals surface area (Å²) in [5.41, 5.74) is 1.34. The maximum absolute atomic E-state index is 5.18. The molecule has 0 heterocycles. The summed E-state index contributed by atoms with van der Waals surface area (Å²) in [6.07, 6.45) is 4.01. The van der Waals surface area contributed by atoms with Gasteiger partial charge in [0.1, 0.15) is 5.75 Å². The van der Waals surface area contributed by atoms with Crippen molar-refractivity contribution in [3.8, 4) is 5.75 Å². The van der Waals surface area contributed by atoms with E-state index in [4.69, 9.17) is 4.74 Å². The van der Waals surface area contributed by atoms with Crippen LogP contribution in [0.5, 0.6) is 5.75 Å². The predicted octanol–water partition coefficient (Wildman–Crippen LogP) is 3.53. The highest BCUT2D eigenvalue weighted by Crippen LogP contribution is 2.27. The van der Waals surface area contributed by atoms with Crippen LogP contribution in [0.25, 0.3) is 0 Å². The third-order valence-corrected chi connectivity index (χ3v) is 3.80. The lowest BCUT2D eigenvalue weighted by atomic mass is 10.1. The molecule has 2 unspecified atom stereocenters. The number of ether oxygens (including phenoxy) is 1. The van der Waals surface area contributed by atoms with Crippen molar-refractivity contribution in [1.29, 1.82) is 0 Å². The fourth-order valence-corrected chi connectivity index (χ4v) is 2.70. The Kier molecular flexibility index (Phi) is 4.06. The first-order valence-corrected chi connectivity index (χ1v) is 6.59. The minimum absolute atomic E-state index is 0.427. The fraction of sp³-hybridized carbons (Fsp3) is 0.600. The molecule has 2 heteroatoms. The number of hydrogen-bond donors (Lipinski definition) is 1. The van der Waals surface area contributed by atoms with Gasteiger partial charge in [-0.15, -0.1) is 0 Å². The molecule has 2 nitrogen and oxygen atoms in total. The lowest BCUT2D eigenvalue weighted by Crippen LogP contribution is -2.29. The van der Waals surface area contributed by atoms with Gasteiger partial charge in [-0.3, -0.25) is 0 Å². The molecule has 1 aliphatic carbocycles. The van der Waals surface area contributed by atoms with Crippen LogP contribution in [0.4, 0.5) is 0 Å². The normalized spacial score (nSPS) is 25.8. The first-order valence-electron chi connectivity index (χ1n) is 6.59. The van der Waals surface area contributed by atoms with Gasteiger partial charge >= 0.3 is 0 Å². The van der Waals surface area contributed by atoms with Crippen molar-refractivity contribution in [2.24, 2.45) is 5.92 Å². The zero-order chi connectivity index (χ0) is 12.3. The van der Waals surface area contributed by atoms with Crippen LogP contribution in [0.2, 0.25) is 0 Å². The molecule has 3 atom stereocenters. The molecule has 94 valence electrons. The van der Waals surface area contributed by atoms with Crippen molar-refractivity contribution in [1.82, 2.24) is 5.32 Å². The maximum atomic E-state index is 5.18. The Labute approximate surface area is 104 Å². The number of rotatable bonds is 4. The van der Waals surface area contributed by atoms with Crippen LogP contribution in [0.15, 0.2) is 24.3 Å². The van der Waals surface area contributed by atoms with Crippen molar-refractivity contribution in [2.45, 2.75) is 45.2 Å². The van der Waals surface area contributed by atoms with Crippen molar-refractivity contribution < 1.29 is 4.74 Å². The Morgan fingerprint density at radius 2 is 1.94 bits per heavy atom. The second kappa shape index (κ2) is 5.54. The summed E-state index contributed by atoms with van der Waals surface area (Å²) >= 11 is 0. The largest absolute Gasteiger partial charge is 0.497 e. The zero-order valence-corrected chi connectivity index (χ0v) is 11.1. The van der Waals surface area contributed by atoms with Crippen molar-refractivity contribution in [3.05, 3.63) is 29.8 Å². The molecule has 0 aliphatic heterocycles. The van der Waals surface area contributed by atoms with Crippen LogP contribution >= 0.6 is 0 Å². The number of methoxy groups -OCH3 is 1. The van der Waals surface area contributed by atoms with Crippen LogP contribution < -0.4 is 10.1 Å². The highest BCUT2D eigenvalue weighted by Gasteiger charge is 2.22. The third kappa shape index (κ3) is 3.22. The summed E-state index contributed by atoms with van der Waals surface area (Å²) in [5.74, 6) is 1.81. The molecule has 1 fully saturated rings. The molecule has 17 heavy (non-hydrogen) atoms. The monoisotopic (exact) mass is 233 g/mol. The molecule has 0 bridgehead atoms. The maximum Gasteiger partial charge on any atom is 0.118 e. The number of benzene rings is 1. The Balaban J connectivity index is 1.92. The van der Waals surface area contributed by atoms with E-state index in [1.807, 2.05) is 12.1 Å². The van der Waals surface area contributed by atoms with E-state index in [1.54, 1.807) is 7.11 Å². The van der Waals surface area contributed by atoms with Gasteiger partial charge in [0.2, 0.25) is 0 Å². The van der Waals surface area contributed by atoms with Gasteiger partial charge in [0.05, 0.1) is 7.11 Å². The molecule has 0 spiro atoms. The Bertz CT molecular complexity index is 346. The molecule has 0 aromatic heterocycles. The van der Waals surface area contributed by atoms with Crippen LogP contribution in [0.3, 0.4) is 0 Å². The van der Waals surface area contributed by atoms with Gasteiger partial charge in [-0.1, -0.05) is 19.1 Å². The first-order chi connectivity index (χ1) is 8.19. The van der Waals surface area contributed by atoms with Crippen molar-refractivity contribution in [2.75, 3.05) is 7.11 Å². The van der Waals surface area contributed by atoms with Crippen molar-refractivity contribution in [3.63, 3.8) is 0 Å². The molecule has 0 saturated heterocycles. The topological polar surface area (TPSA) is 21.3 Å². The summed E-state index contributed by atoms with van der Waals surface area (Å²) in [6, 6.07) is 9.48. The standard InChI is InChI=1S/C15H23NO/c1-11-4-7-14(10-11)16-12(2)13-5-8-15(17-3)9-6-13/h5-6,8-9,11-12,14,16H,4,7,10H2,1-3H3/t11?,12-,14?/m1/s1. The number of nitrogens with one attached hydrogen (secondary N) is 1. The summed E-state index contributed by atoms with van der Waals surface area (Å²) < 4.78 is 5.18. The van der Waals surface area contributed by atoms with Crippen LogP contribution in [-0.4, -0.2) is 13.2 Å². The van der Waals surface area contributed by atoms with E-state index in [1.165, 1.54) is 24.8 Å². The van der Waals surface area contributed by atoms with Gasteiger partial charge in [0.15, 0.2) is 0 Å². The zero-order valence-electron chi connectivity index (χ0n) is 11.1. The average Bonchev–Trinajstić information content (AvgIpc) is 2.75. The fourth-order valence-electron chi connectivity index (χ4n) is 2.70. The smallest absolute Gasteiger partial charge is 0.118 e. The molecule has 2 rings (SSSR count). The third-order valence-electron chi connectivity index (χ3n) is 3.80. The van der Waals surface area contributed by atoms with Crippen LogP contribution in [0, 0.1) is 5.92 Å². The van der Waals surface area contributed by atoms with Gasteiger partial charge in [-0.05, 0) is 49.8 Å². The molecule has 0 amide bonds. The molecule has 1 aromatic carbocycles. The minimum atomic E-state index is 0.427. The summed E-state index contributed by atoms with van der Waals surface area (Å²) in [4.78, 5) is 0. The predicted molar refractivity (Wildman–Crippen MR) is 71.3 cm³/mol. The second-order valence-corrected chi connectivity index (χ2v) is 5.28. The van der Waals surface area contributed by atoms with E-state index in [-0.39, 0.29) is 0 Å². The van der Waals surface area contributed by atoms with Crippen molar-refractivity contribution >= 4 is 0 Å². The molecule has 1 N–H and O–H groups in total. The van der Waals surface area contributed by atoms with E-state index in [0.29, 0.717) is 12.1 Å². The van der Waals surface area contributed by atoms with Gasteiger partial charge in [0.25, 0.3) is 0 Å². The SMILES string of the molecule is COc1ccc([C@@H](C)NC2CCC(C)C2)cc1. The summed E-state index contributed by atoms with van der Waals surface area (Å²) in [7, 11) is 1.70. The van der Waals surface area contributed by atoms with E-state index in [9.17, 15) is 0 Å². The first kappa shape index (κ1) is 12.4. The highest BCUT2D eigenvalue weighted by molar-refractivity contribution is 5.28. The number of hydrogen-bond acceptors (Lipinski definition) is 2. The average molecular weight is 233 g/mol. The Morgan fingerprint density at radius 1 is 1.24 bits per heavy atom. The van der Waals surface area contributed by atoms with E-state index >= 15 is 0 Å². The van der Waals surface area contributed by atoms with Gasteiger partial charge < -0.3 is 10.1 Å². The molecule has 1 aromatic rings. The second-order valence-electron chi connectivity index (χ2n) is 5.28. The molecule has 1 aliphatic rings. The highest BCUT2D eigenvalue weighted by atomic mass is 16.5. The van der Waals surface area contributed by atoms with Gasteiger partial charge in [-0.2, -0.15) is 0 Å². The minimum Gasteiger partial charge on any atom is -0.497 e. The Morgan fingerprint density at radius 3 is 2.47 bits per heavy atom. The van der Waals surface area contributed by atoms with E-state index < -0.39 is 0 Å². The van der Waals surface area contributed by atoms with Gasteiger partial charge in [-0.25, -0.2) is 0 Å². The summed E-state index contributed by atoms with van der Waals surface area (Å²) in [5, 5.41) is 3.72. The quantitative estimate of drug-likeness (QED) is 0.859. The molecular weight excluding hydrogens is 210 g/mol. The van der Waals surface area contributed by atoms with Gasteiger partial charge in [0, 0.05) is 12.1 Å². The lowest BCUT2D eigenvalue weighted by molar-refractivity contribution is 0.413. The Hall–Kier alpha value is -1.02. The molecule has 1 saturated carbocycles.